The van der Waals surface area contributed by atoms with Gasteiger partial charge in [-0.2, -0.15) is 0 Å². The Bertz CT molecular complexity index is 720. The summed E-state index contributed by atoms with van der Waals surface area (Å²) in [7, 11) is 0. The Hall–Kier alpha value is -1.88. The van der Waals surface area contributed by atoms with Crippen molar-refractivity contribution in [1.29, 1.82) is 0 Å². The molecule has 2 saturated heterocycles. The van der Waals surface area contributed by atoms with E-state index in [1.807, 2.05) is 35.8 Å². The summed E-state index contributed by atoms with van der Waals surface area (Å²) in [5, 5.41) is 3.50. The van der Waals surface area contributed by atoms with Gasteiger partial charge in [-0.3, -0.25) is 9.59 Å². The van der Waals surface area contributed by atoms with E-state index in [2.05, 4.69) is 17.4 Å². The fourth-order valence-electron chi connectivity index (χ4n) is 5.08. The lowest BCUT2D eigenvalue weighted by molar-refractivity contribution is -0.149. The van der Waals surface area contributed by atoms with Crippen LogP contribution in [-0.4, -0.2) is 53.8 Å². The topological polar surface area (TPSA) is 52.7 Å². The van der Waals surface area contributed by atoms with E-state index in [9.17, 15) is 9.59 Å². The fraction of sp³-hybridized carbons (Fsp3) is 0.652. The van der Waals surface area contributed by atoms with Gasteiger partial charge in [0.05, 0.1) is 0 Å². The molecule has 2 fully saturated rings. The summed E-state index contributed by atoms with van der Waals surface area (Å²) in [5.41, 5.74) is 2.39. The van der Waals surface area contributed by atoms with Gasteiger partial charge in [-0.15, -0.1) is 0 Å². The van der Waals surface area contributed by atoms with Crippen LogP contribution in [0.4, 0.5) is 0 Å². The van der Waals surface area contributed by atoms with Crippen molar-refractivity contribution in [2.24, 2.45) is 17.8 Å². The Balaban J connectivity index is 1.55. The molecular weight excluding hydrogens is 350 g/mol. The Morgan fingerprint density at radius 3 is 2.39 bits per heavy atom. The molecule has 0 aliphatic carbocycles. The van der Waals surface area contributed by atoms with Crippen LogP contribution in [0.5, 0.6) is 0 Å². The smallest absolute Gasteiger partial charge is 0.245 e. The van der Waals surface area contributed by atoms with E-state index in [1.54, 1.807) is 0 Å². The number of nitrogens with zero attached hydrogens (tertiary/aromatic N) is 2. The number of rotatable bonds is 3. The van der Waals surface area contributed by atoms with Crippen LogP contribution in [0.2, 0.25) is 0 Å². The molecule has 4 atom stereocenters. The Labute approximate surface area is 168 Å². The van der Waals surface area contributed by atoms with Gasteiger partial charge in [-0.25, -0.2) is 0 Å². The van der Waals surface area contributed by atoms with E-state index < -0.39 is 0 Å². The zero-order valence-electron chi connectivity index (χ0n) is 17.2. The van der Waals surface area contributed by atoms with Gasteiger partial charge in [-0.1, -0.05) is 38.1 Å². The predicted octanol–water partition coefficient (Wildman–Crippen LogP) is 2.44. The van der Waals surface area contributed by atoms with Gasteiger partial charge in [0.15, 0.2) is 0 Å². The first-order chi connectivity index (χ1) is 13.6. The Morgan fingerprint density at radius 1 is 1.11 bits per heavy atom. The SMILES string of the molecule is CCC(C)C(=O)N1Cc2ccccc2CC1C(=O)N1CC[C@@H]2CNC[C@@H]2CC1. The van der Waals surface area contributed by atoms with E-state index in [4.69, 9.17) is 0 Å². The summed E-state index contributed by atoms with van der Waals surface area (Å²) in [4.78, 5) is 30.6. The lowest BCUT2D eigenvalue weighted by Gasteiger charge is -2.39. The van der Waals surface area contributed by atoms with E-state index in [1.165, 1.54) is 11.1 Å². The number of carbonyl (C=O) groups is 2. The highest BCUT2D eigenvalue weighted by atomic mass is 16.2. The number of likely N-dealkylation sites (tertiary alicyclic amines) is 1. The largest absolute Gasteiger partial charge is 0.341 e. The van der Waals surface area contributed by atoms with Crippen LogP contribution in [-0.2, 0) is 22.6 Å². The highest BCUT2D eigenvalue weighted by Gasteiger charge is 2.39. The molecule has 3 aliphatic heterocycles. The van der Waals surface area contributed by atoms with Crippen molar-refractivity contribution >= 4 is 11.8 Å². The third-order valence-electron chi connectivity index (χ3n) is 7.18. The van der Waals surface area contributed by atoms with Crippen molar-refractivity contribution < 1.29 is 9.59 Å². The van der Waals surface area contributed by atoms with Crippen molar-refractivity contribution in [3.63, 3.8) is 0 Å². The van der Waals surface area contributed by atoms with Gasteiger partial charge in [0, 0.05) is 32.0 Å². The summed E-state index contributed by atoms with van der Waals surface area (Å²) in [5.74, 6) is 1.62. The van der Waals surface area contributed by atoms with Crippen LogP contribution in [0, 0.1) is 17.8 Å². The van der Waals surface area contributed by atoms with Gasteiger partial charge in [-0.05, 0) is 55.3 Å². The molecule has 0 radical (unpaired) electrons. The predicted molar refractivity (Wildman–Crippen MR) is 110 cm³/mol. The van der Waals surface area contributed by atoms with Crippen LogP contribution in [0.3, 0.4) is 0 Å². The second-order valence-electron chi connectivity index (χ2n) is 8.85. The van der Waals surface area contributed by atoms with Crippen molar-refractivity contribution in [2.45, 2.75) is 52.1 Å². The van der Waals surface area contributed by atoms with Crippen molar-refractivity contribution in [3.8, 4) is 0 Å². The monoisotopic (exact) mass is 383 g/mol. The normalized spacial score (nSPS) is 28.3. The number of carbonyl (C=O) groups excluding carboxylic acids is 2. The highest BCUT2D eigenvalue weighted by Crippen LogP contribution is 2.30. The van der Waals surface area contributed by atoms with Gasteiger partial charge in [0.1, 0.15) is 6.04 Å². The summed E-state index contributed by atoms with van der Waals surface area (Å²) < 4.78 is 0. The van der Waals surface area contributed by atoms with Crippen molar-refractivity contribution in [1.82, 2.24) is 15.1 Å². The molecule has 0 spiro atoms. The standard InChI is InChI=1S/C23H33N3O2/c1-3-16(2)22(27)26-15-20-7-5-4-6-17(20)12-21(26)23(28)25-10-8-18-13-24-14-19(18)9-11-25/h4-7,16,18-19,21,24H,3,8-15H2,1-2H3/t16?,18-,19+,21?. The molecule has 5 heteroatoms. The molecule has 2 amide bonds. The third kappa shape index (κ3) is 3.69. The number of benzene rings is 1. The highest BCUT2D eigenvalue weighted by molar-refractivity contribution is 5.89. The molecule has 3 aliphatic rings. The molecule has 4 rings (SSSR count). The molecule has 152 valence electrons. The third-order valence-corrected chi connectivity index (χ3v) is 7.18. The minimum atomic E-state index is -0.354. The first kappa shape index (κ1) is 19.4. The minimum absolute atomic E-state index is 0.0462. The summed E-state index contributed by atoms with van der Waals surface area (Å²) in [6.45, 7) is 8.39. The van der Waals surface area contributed by atoms with E-state index in [-0.39, 0.29) is 23.8 Å². The molecule has 1 aromatic rings. The molecule has 3 heterocycles. The lowest BCUT2D eigenvalue weighted by atomic mass is 9.91. The maximum absolute atomic E-state index is 13.6. The lowest BCUT2D eigenvalue weighted by Crippen LogP contribution is -2.55. The molecule has 5 nitrogen and oxygen atoms in total. The summed E-state index contributed by atoms with van der Waals surface area (Å²) in [6, 6.07) is 7.90. The molecule has 0 aromatic heterocycles. The second-order valence-corrected chi connectivity index (χ2v) is 8.85. The number of nitrogens with one attached hydrogen (secondary N) is 1. The first-order valence-corrected chi connectivity index (χ1v) is 10.9. The summed E-state index contributed by atoms with van der Waals surface area (Å²) in [6.07, 6.45) is 3.60. The van der Waals surface area contributed by atoms with Crippen LogP contribution in [0.1, 0.15) is 44.2 Å². The number of hydrogen-bond donors (Lipinski definition) is 1. The molecule has 0 saturated carbocycles. The zero-order valence-corrected chi connectivity index (χ0v) is 17.2. The van der Waals surface area contributed by atoms with E-state index in [0.29, 0.717) is 24.8 Å². The van der Waals surface area contributed by atoms with Gasteiger partial charge in [0.25, 0.3) is 0 Å². The summed E-state index contributed by atoms with van der Waals surface area (Å²) >= 11 is 0. The van der Waals surface area contributed by atoms with Crippen LogP contribution >= 0.6 is 0 Å². The zero-order chi connectivity index (χ0) is 19.7. The molecule has 0 bridgehead atoms. The van der Waals surface area contributed by atoms with Crippen molar-refractivity contribution in [3.05, 3.63) is 35.4 Å². The van der Waals surface area contributed by atoms with Crippen LogP contribution < -0.4 is 5.32 Å². The molecular formula is C23H33N3O2. The molecule has 1 aromatic carbocycles. The Kier molecular flexibility index (Phi) is 5.72. The quantitative estimate of drug-likeness (QED) is 0.872. The fourth-order valence-corrected chi connectivity index (χ4v) is 5.08. The van der Waals surface area contributed by atoms with Crippen LogP contribution in [0.15, 0.2) is 24.3 Å². The minimum Gasteiger partial charge on any atom is -0.341 e. The van der Waals surface area contributed by atoms with Gasteiger partial charge >= 0.3 is 0 Å². The number of amides is 2. The molecule has 2 unspecified atom stereocenters. The van der Waals surface area contributed by atoms with Gasteiger partial charge < -0.3 is 15.1 Å². The van der Waals surface area contributed by atoms with E-state index in [0.717, 1.165) is 45.4 Å². The van der Waals surface area contributed by atoms with Crippen molar-refractivity contribution in [2.75, 3.05) is 26.2 Å². The average Bonchev–Trinajstić information content (AvgIpc) is 3.09. The Morgan fingerprint density at radius 2 is 1.75 bits per heavy atom. The van der Waals surface area contributed by atoms with Crippen LogP contribution in [0.25, 0.3) is 0 Å². The van der Waals surface area contributed by atoms with E-state index >= 15 is 0 Å². The number of hydrogen-bond acceptors (Lipinski definition) is 3. The molecule has 1 N–H and O–H groups in total. The first-order valence-electron chi connectivity index (χ1n) is 10.9. The maximum Gasteiger partial charge on any atom is 0.245 e. The molecule has 28 heavy (non-hydrogen) atoms. The average molecular weight is 384 g/mol. The second kappa shape index (κ2) is 8.24. The number of fused-ring (bicyclic) bond motifs is 2. The maximum atomic E-state index is 13.6. The van der Waals surface area contributed by atoms with Gasteiger partial charge in [0.2, 0.25) is 11.8 Å².